The minimum absolute atomic E-state index is 0.0555. The number of sulfonamides is 1. The van der Waals surface area contributed by atoms with E-state index < -0.39 is 22.5 Å². The average Bonchev–Trinajstić information content (AvgIpc) is 2.54. The van der Waals surface area contributed by atoms with Crippen LogP contribution in [0.1, 0.15) is 0 Å². The number of hydrogen-bond acceptors (Lipinski definition) is 5. The molecule has 9 heteroatoms. The van der Waals surface area contributed by atoms with Crippen molar-refractivity contribution in [3.05, 3.63) is 46.9 Å². The summed E-state index contributed by atoms with van der Waals surface area (Å²) in [6.07, 6.45) is 0. The number of rotatable bonds is 6. The zero-order chi connectivity index (χ0) is 17.7. The quantitative estimate of drug-likeness (QED) is 0.671. The molecule has 0 radical (unpaired) electrons. The van der Waals surface area contributed by atoms with Gasteiger partial charge in [0.05, 0.1) is 22.2 Å². The molecule has 0 heterocycles. The first-order valence-corrected chi connectivity index (χ1v) is 9.00. The lowest BCUT2D eigenvalue weighted by Crippen LogP contribution is -2.16. The molecule has 0 saturated carbocycles. The summed E-state index contributed by atoms with van der Waals surface area (Å²) in [6, 6.07) is 10.5. The highest BCUT2D eigenvalue weighted by molar-refractivity contribution is 9.10. The molecule has 0 aromatic heterocycles. The molecule has 24 heavy (non-hydrogen) atoms. The molecule has 0 aliphatic carbocycles. The van der Waals surface area contributed by atoms with Crippen molar-refractivity contribution in [3.63, 3.8) is 0 Å². The third-order valence-electron chi connectivity index (χ3n) is 2.98. The molecule has 0 saturated heterocycles. The van der Waals surface area contributed by atoms with Crippen LogP contribution in [0.5, 0.6) is 5.75 Å². The summed E-state index contributed by atoms with van der Waals surface area (Å²) in [7, 11) is -2.32. The van der Waals surface area contributed by atoms with Crippen molar-refractivity contribution in [3.8, 4) is 5.75 Å². The lowest BCUT2D eigenvalue weighted by Gasteiger charge is -2.11. The summed E-state index contributed by atoms with van der Waals surface area (Å²) in [5, 5.41) is 11.2. The molecule has 0 fully saturated rings. The zero-order valence-electron chi connectivity index (χ0n) is 12.6. The van der Waals surface area contributed by atoms with Crippen LogP contribution in [0.2, 0.25) is 0 Å². The Kier molecular flexibility index (Phi) is 5.81. The first kappa shape index (κ1) is 18.2. The predicted octanol–water partition coefficient (Wildman–Crippen LogP) is 2.19. The molecule has 7 nitrogen and oxygen atoms in total. The van der Waals surface area contributed by atoms with E-state index in [-0.39, 0.29) is 10.6 Å². The second-order valence-electron chi connectivity index (χ2n) is 4.69. The van der Waals surface area contributed by atoms with Crippen molar-refractivity contribution >= 4 is 43.2 Å². The Morgan fingerprint density at radius 1 is 1.21 bits per heavy atom. The van der Waals surface area contributed by atoms with E-state index in [1.54, 1.807) is 18.2 Å². The largest absolute Gasteiger partial charge is 0.496 e. The fraction of sp³-hybridized carbons (Fsp3) is 0.133. The number of benzene rings is 2. The number of carbonyl (C=O) groups excluding carboxylic acids is 1. The van der Waals surface area contributed by atoms with Gasteiger partial charge in [-0.3, -0.25) is 9.52 Å². The molecule has 0 atom stereocenters. The zero-order valence-corrected chi connectivity index (χ0v) is 15.0. The number of hydrogen-bond donors (Lipinski definition) is 3. The fourth-order valence-corrected chi connectivity index (χ4v) is 3.66. The molecular formula is C15H15BrN2O5S. The van der Waals surface area contributed by atoms with E-state index >= 15 is 0 Å². The Morgan fingerprint density at radius 3 is 2.54 bits per heavy atom. The predicted molar refractivity (Wildman–Crippen MR) is 93.7 cm³/mol. The Morgan fingerprint density at radius 2 is 1.92 bits per heavy atom. The molecule has 3 N–H and O–H groups in total. The Bertz CT molecular complexity index is 855. The Hall–Kier alpha value is -2.10. The van der Waals surface area contributed by atoms with Crippen molar-refractivity contribution < 1.29 is 23.1 Å². The van der Waals surface area contributed by atoms with Crippen LogP contribution in [0.25, 0.3) is 0 Å². The Balaban J connectivity index is 2.24. The van der Waals surface area contributed by atoms with Gasteiger partial charge in [-0.25, -0.2) is 8.42 Å². The lowest BCUT2D eigenvalue weighted by molar-refractivity contribution is -0.118. The molecule has 0 bridgehead atoms. The van der Waals surface area contributed by atoms with Crippen LogP contribution in [-0.4, -0.2) is 33.1 Å². The van der Waals surface area contributed by atoms with Crippen molar-refractivity contribution in [2.75, 3.05) is 23.8 Å². The van der Waals surface area contributed by atoms with Crippen LogP contribution in [0.4, 0.5) is 11.4 Å². The van der Waals surface area contributed by atoms with Gasteiger partial charge in [-0.1, -0.05) is 6.07 Å². The summed E-state index contributed by atoms with van der Waals surface area (Å²) in [5.74, 6) is -0.0724. The number of carbonyl (C=O) groups is 1. The number of methoxy groups -OCH3 is 1. The highest BCUT2D eigenvalue weighted by atomic mass is 79.9. The smallest absolute Gasteiger partial charge is 0.261 e. The van der Waals surface area contributed by atoms with E-state index in [1.807, 2.05) is 0 Å². The van der Waals surface area contributed by atoms with Gasteiger partial charge in [0.25, 0.3) is 10.0 Å². The average molecular weight is 415 g/mol. The summed E-state index contributed by atoms with van der Waals surface area (Å²) >= 11 is 3.24. The topological polar surface area (TPSA) is 105 Å². The number of amides is 1. The molecular weight excluding hydrogens is 400 g/mol. The van der Waals surface area contributed by atoms with Crippen molar-refractivity contribution in [1.29, 1.82) is 0 Å². The van der Waals surface area contributed by atoms with Gasteiger partial charge in [-0.05, 0) is 52.3 Å². The van der Waals surface area contributed by atoms with E-state index in [0.29, 0.717) is 15.9 Å². The molecule has 1 amide bonds. The summed E-state index contributed by atoms with van der Waals surface area (Å²) in [4.78, 5) is 11.2. The van der Waals surface area contributed by atoms with Gasteiger partial charge in [0.1, 0.15) is 12.4 Å². The minimum atomic E-state index is -3.81. The number of ether oxygens (including phenoxy) is 1. The normalized spacial score (nSPS) is 11.0. The van der Waals surface area contributed by atoms with Gasteiger partial charge in [0.15, 0.2) is 0 Å². The second-order valence-corrected chi connectivity index (χ2v) is 7.23. The maximum atomic E-state index is 12.4. The SMILES string of the molecule is COc1ccc(S(=O)(=O)Nc2cccc(NC(=O)CO)c2)cc1Br. The summed E-state index contributed by atoms with van der Waals surface area (Å²) < 4.78 is 32.9. The summed E-state index contributed by atoms with van der Waals surface area (Å²) in [5.41, 5.74) is 0.642. The van der Waals surface area contributed by atoms with E-state index in [4.69, 9.17) is 9.84 Å². The van der Waals surface area contributed by atoms with Gasteiger partial charge in [0, 0.05) is 5.69 Å². The number of nitrogens with one attached hydrogen (secondary N) is 2. The highest BCUT2D eigenvalue weighted by Gasteiger charge is 2.16. The van der Waals surface area contributed by atoms with E-state index in [1.165, 1.54) is 31.4 Å². The second kappa shape index (κ2) is 7.65. The van der Waals surface area contributed by atoms with E-state index in [9.17, 15) is 13.2 Å². The van der Waals surface area contributed by atoms with Crippen LogP contribution in [-0.2, 0) is 14.8 Å². The van der Waals surface area contributed by atoms with Crippen LogP contribution >= 0.6 is 15.9 Å². The maximum absolute atomic E-state index is 12.4. The molecule has 0 unspecified atom stereocenters. The van der Waals surface area contributed by atoms with E-state index in [0.717, 1.165) is 0 Å². The monoisotopic (exact) mass is 414 g/mol. The third kappa shape index (κ3) is 4.47. The highest BCUT2D eigenvalue weighted by Crippen LogP contribution is 2.28. The first-order valence-electron chi connectivity index (χ1n) is 6.73. The van der Waals surface area contributed by atoms with Gasteiger partial charge in [-0.2, -0.15) is 0 Å². The number of halogens is 1. The molecule has 0 aliphatic rings. The van der Waals surface area contributed by atoms with Gasteiger partial charge >= 0.3 is 0 Å². The fourth-order valence-electron chi connectivity index (χ4n) is 1.89. The lowest BCUT2D eigenvalue weighted by atomic mass is 10.3. The molecule has 0 spiro atoms. The Labute approximate surface area is 147 Å². The molecule has 0 aliphatic heterocycles. The van der Waals surface area contributed by atoms with Crippen LogP contribution in [0.3, 0.4) is 0 Å². The van der Waals surface area contributed by atoms with Crippen LogP contribution in [0, 0.1) is 0 Å². The molecule has 2 rings (SSSR count). The maximum Gasteiger partial charge on any atom is 0.261 e. The van der Waals surface area contributed by atoms with Crippen molar-refractivity contribution in [1.82, 2.24) is 0 Å². The van der Waals surface area contributed by atoms with Gasteiger partial charge in [0.2, 0.25) is 5.91 Å². The third-order valence-corrected chi connectivity index (χ3v) is 4.97. The van der Waals surface area contributed by atoms with Crippen LogP contribution < -0.4 is 14.8 Å². The minimum Gasteiger partial charge on any atom is -0.496 e. The van der Waals surface area contributed by atoms with Gasteiger partial charge < -0.3 is 15.2 Å². The standard InChI is InChI=1S/C15H15BrN2O5S/c1-23-14-6-5-12(8-13(14)16)24(21,22)18-11-4-2-3-10(7-11)17-15(20)9-19/h2-8,18-19H,9H2,1H3,(H,17,20). The number of aliphatic hydroxyl groups excluding tert-OH is 1. The molecule has 128 valence electrons. The van der Waals surface area contributed by atoms with Crippen molar-refractivity contribution in [2.24, 2.45) is 0 Å². The molecule has 2 aromatic rings. The van der Waals surface area contributed by atoms with Crippen LogP contribution in [0.15, 0.2) is 51.8 Å². The molecule has 2 aromatic carbocycles. The number of aliphatic hydroxyl groups is 1. The van der Waals surface area contributed by atoms with Gasteiger partial charge in [-0.15, -0.1) is 0 Å². The first-order chi connectivity index (χ1) is 11.4. The number of anilines is 2. The van der Waals surface area contributed by atoms with E-state index in [2.05, 4.69) is 26.0 Å². The van der Waals surface area contributed by atoms with Crippen molar-refractivity contribution in [2.45, 2.75) is 4.90 Å². The summed E-state index contributed by atoms with van der Waals surface area (Å²) in [6.45, 7) is -0.657.